The Bertz CT molecular complexity index is 760. The van der Waals surface area contributed by atoms with Gasteiger partial charge in [0.1, 0.15) is 11.1 Å². The highest BCUT2D eigenvalue weighted by atomic mass is 16.5. The number of fused-ring (bicyclic) bond motifs is 2. The van der Waals surface area contributed by atoms with Crippen LogP contribution in [0.3, 0.4) is 0 Å². The summed E-state index contributed by atoms with van der Waals surface area (Å²) in [6.45, 7) is 2.49. The molecule has 3 aliphatic rings. The molecule has 0 radical (unpaired) electrons. The second-order valence-corrected chi connectivity index (χ2v) is 6.91. The standard InChI is InChI=1S/C16H20N4O5/c1-18-3-4-20-12(14(18)22)5-11(17-20)13(21)19-6-10-7-25-9-16(10,8-19)15(23)24-2/h5,10H,3-4,6-9H2,1-2H3/t10-,16-/m0/s1. The molecule has 9 heteroatoms. The molecule has 1 aromatic heterocycles. The number of aromatic nitrogens is 2. The van der Waals surface area contributed by atoms with Gasteiger partial charge in [0.2, 0.25) is 0 Å². The second-order valence-electron chi connectivity index (χ2n) is 6.91. The Morgan fingerprint density at radius 3 is 2.96 bits per heavy atom. The molecule has 0 bridgehead atoms. The highest BCUT2D eigenvalue weighted by Gasteiger charge is 2.58. The fourth-order valence-corrected chi connectivity index (χ4v) is 3.95. The molecule has 0 spiro atoms. The number of carbonyl (C=O) groups is 3. The highest BCUT2D eigenvalue weighted by molar-refractivity contribution is 5.98. The Morgan fingerprint density at radius 2 is 2.20 bits per heavy atom. The van der Waals surface area contributed by atoms with Crippen molar-refractivity contribution in [3.8, 4) is 0 Å². The van der Waals surface area contributed by atoms with Crippen LogP contribution >= 0.6 is 0 Å². The van der Waals surface area contributed by atoms with E-state index in [0.29, 0.717) is 31.9 Å². The van der Waals surface area contributed by atoms with Crippen molar-refractivity contribution in [1.82, 2.24) is 19.6 Å². The molecule has 0 saturated carbocycles. The second kappa shape index (κ2) is 5.55. The van der Waals surface area contributed by atoms with Crippen LogP contribution in [-0.2, 0) is 20.8 Å². The Labute approximate surface area is 144 Å². The van der Waals surface area contributed by atoms with Crippen LogP contribution in [-0.4, -0.2) is 84.4 Å². The van der Waals surface area contributed by atoms with Gasteiger partial charge in [-0.25, -0.2) is 0 Å². The summed E-state index contributed by atoms with van der Waals surface area (Å²) >= 11 is 0. The number of amides is 2. The molecular weight excluding hydrogens is 328 g/mol. The van der Waals surface area contributed by atoms with E-state index in [1.165, 1.54) is 13.2 Å². The summed E-state index contributed by atoms with van der Waals surface area (Å²) in [5.41, 5.74) is -0.137. The lowest BCUT2D eigenvalue weighted by Gasteiger charge is -2.23. The molecule has 0 unspecified atom stereocenters. The molecule has 0 N–H and O–H groups in total. The molecule has 0 aliphatic carbocycles. The van der Waals surface area contributed by atoms with Gasteiger partial charge in [-0.05, 0) is 0 Å². The molecule has 2 fully saturated rings. The molecule has 25 heavy (non-hydrogen) atoms. The number of rotatable bonds is 2. The maximum atomic E-state index is 12.9. The first-order valence-corrected chi connectivity index (χ1v) is 8.25. The predicted molar refractivity (Wildman–Crippen MR) is 83.8 cm³/mol. The van der Waals surface area contributed by atoms with Crippen LogP contribution in [0.25, 0.3) is 0 Å². The van der Waals surface area contributed by atoms with Crippen molar-refractivity contribution in [2.75, 3.05) is 47.0 Å². The Kier molecular flexibility index (Phi) is 3.57. The number of hydrogen-bond donors (Lipinski definition) is 0. The molecule has 4 heterocycles. The molecule has 0 aromatic carbocycles. The molecule has 9 nitrogen and oxygen atoms in total. The maximum Gasteiger partial charge on any atom is 0.316 e. The first-order chi connectivity index (χ1) is 12.0. The Hall–Kier alpha value is -2.42. The van der Waals surface area contributed by atoms with Crippen LogP contribution in [0.2, 0.25) is 0 Å². The average Bonchev–Trinajstić information content (AvgIpc) is 3.28. The summed E-state index contributed by atoms with van der Waals surface area (Å²) < 4.78 is 12.0. The van der Waals surface area contributed by atoms with Gasteiger partial charge in [0.25, 0.3) is 11.8 Å². The van der Waals surface area contributed by atoms with Crippen LogP contribution in [0, 0.1) is 11.3 Å². The fraction of sp³-hybridized carbons (Fsp3) is 0.625. The van der Waals surface area contributed by atoms with Crippen molar-refractivity contribution in [3.63, 3.8) is 0 Å². The van der Waals surface area contributed by atoms with Crippen molar-refractivity contribution in [1.29, 1.82) is 0 Å². The van der Waals surface area contributed by atoms with Crippen LogP contribution in [0.5, 0.6) is 0 Å². The Balaban J connectivity index is 1.58. The first-order valence-electron chi connectivity index (χ1n) is 8.25. The van der Waals surface area contributed by atoms with E-state index < -0.39 is 5.41 Å². The number of likely N-dealkylation sites (tertiary alicyclic amines) is 1. The van der Waals surface area contributed by atoms with E-state index in [2.05, 4.69) is 5.10 Å². The third-order valence-corrected chi connectivity index (χ3v) is 5.47. The monoisotopic (exact) mass is 348 g/mol. The summed E-state index contributed by atoms with van der Waals surface area (Å²) in [6, 6.07) is 1.54. The SMILES string of the molecule is COC(=O)[C@@]12COC[C@@H]1CN(C(=O)c1cc3n(n1)CCN(C)C3=O)C2. The van der Waals surface area contributed by atoms with Gasteiger partial charge in [-0.15, -0.1) is 0 Å². The quantitative estimate of drug-likeness (QED) is 0.652. The van der Waals surface area contributed by atoms with E-state index >= 15 is 0 Å². The molecular formula is C16H20N4O5. The van der Waals surface area contributed by atoms with E-state index in [9.17, 15) is 14.4 Å². The molecule has 4 rings (SSSR count). The molecule has 3 aliphatic heterocycles. The third kappa shape index (κ3) is 2.25. The summed E-state index contributed by atoms with van der Waals surface area (Å²) in [7, 11) is 3.07. The number of carbonyl (C=O) groups excluding carboxylic acids is 3. The van der Waals surface area contributed by atoms with Crippen LogP contribution in [0.4, 0.5) is 0 Å². The summed E-state index contributed by atoms with van der Waals surface area (Å²) in [6.07, 6.45) is 0. The third-order valence-electron chi connectivity index (χ3n) is 5.47. The van der Waals surface area contributed by atoms with E-state index in [1.54, 1.807) is 21.5 Å². The van der Waals surface area contributed by atoms with Crippen molar-refractivity contribution in [3.05, 3.63) is 17.5 Å². The number of nitrogens with zero attached hydrogens (tertiary/aromatic N) is 4. The van der Waals surface area contributed by atoms with Crippen LogP contribution in [0.15, 0.2) is 6.07 Å². The van der Waals surface area contributed by atoms with Crippen LogP contribution < -0.4 is 0 Å². The smallest absolute Gasteiger partial charge is 0.316 e. The largest absolute Gasteiger partial charge is 0.468 e. The zero-order chi connectivity index (χ0) is 17.8. The van der Waals surface area contributed by atoms with Crippen molar-refractivity contribution in [2.45, 2.75) is 6.54 Å². The topological polar surface area (TPSA) is 94.0 Å². The van der Waals surface area contributed by atoms with Crippen molar-refractivity contribution < 1.29 is 23.9 Å². The van der Waals surface area contributed by atoms with Gasteiger partial charge in [-0.2, -0.15) is 5.10 Å². The summed E-state index contributed by atoms with van der Waals surface area (Å²) in [5.74, 6) is -0.828. The summed E-state index contributed by atoms with van der Waals surface area (Å²) in [5, 5.41) is 4.29. The number of esters is 1. The van der Waals surface area contributed by atoms with Gasteiger partial charge in [-0.3, -0.25) is 19.1 Å². The molecule has 2 atom stereocenters. The fourth-order valence-electron chi connectivity index (χ4n) is 3.95. The minimum absolute atomic E-state index is 0.0751. The number of ether oxygens (including phenoxy) is 2. The molecule has 134 valence electrons. The minimum Gasteiger partial charge on any atom is -0.468 e. The van der Waals surface area contributed by atoms with E-state index in [4.69, 9.17) is 9.47 Å². The van der Waals surface area contributed by atoms with Gasteiger partial charge >= 0.3 is 5.97 Å². The summed E-state index contributed by atoms with van der Waals surface area (Å²) in [4.78, 5) is 40.5. The normalized spacial score (nSPS) is 28.1. The number of likely N-dealkylation sites (N-methyl/N-ethyl adjacent to an activating group) is 1. The van der Waals surface area contributed by atoms with Gasteiger partial charge in [-0.1, -0.05) is 0 Å². The van der Waals surface area contributed by atoms with Crippen LogP contribution in [0.1, 0.15) is 21.0 Å². The lowest BCUT2D eigenvalue weighted by atomic mass is 9.81. The molecule has 1 aromatic rings. The predicted octanol–water partition coefficient (Wildman–Crippen LogP) is -0.770. The van der Waals surface area contributed by atoms with Gasteiger partial charge in [0, 0.05) is 38.7 Å². The highest BCUT2D eigenvalue weighted by Crippen LogP contribution is 2.42. The molecule has 2 amide bonds. The Morgan fingerprint density at radius 1 is 1.40 bits per heavy atom. The zero-order valence-electron chi connectivity index (χ0n) is 14.2. The average molecular weight is 348 g/mol. The van der Waals surface area contributed by atoms with E-state index in [-0.39, 0.29) is 42.5 Å². The molecule has 2 saturated heterocycles. The van der Waals surface area contributed by atoms with Gasteiger partial charge in [0.05, 0.1) is 26.9 Å². The van der Waals surface area contributed by atoms with E-state index in [0.717, 1.165) is 0 Å². The zero-order valence-corrected chi connectivity index (χ0v) is 14.2. The lowest BCUT2D eigenvalue weighted by molar-refractivity contribution is -0.153. The minimum atomic E-state index is -0.792. The van der Waals surface area contributed by atoms with Crippen molar-refractivity contribution in [2.24, 2.45) is 11.3 Å². The van der Waals surface area contributed by atoms with E-state index in [1.807, 2.05) is 0 Å². The number of hydrogen-bond acceptors (Lipinski definition) is 6. The number of methoxy groups -OCH3 is 1. The van der Waals surface area contributed by atoms with Crippen molar-refractivity contribution >= 4 is 17.8 Å². The first kappa shape index (κ1) is 16.1. The maximum absolute atomic E-state index is 12.9. The van der Waals surface area contributed by atoms with Gasteiger partial charge < -0.3 is 19.3 Å². The lowest BCUT2D eigenvalue weighted by Crippen LogP contribution is -2.41. The van der Waals surface area contributed by atoms with Gasteiger partial charge in [0.15, 0.2) is 5.69 Å².